The van der Waals surface area contributed by atoms with E-state index in [1.165, 1.54) is 0 Å². The van der Waals surface area contributed by atoms with Crippen LogP contribution in [0.1, 0.15) is 10.4 Å². The van der Waals surface area contributed by atoms with E-state index in [-0.39, 0.29) is 17.1 Å². The van der Waals surface area contributed by atoms with Crippen LogP contribution in [0.5, 0.6) is 5.75 Å². The highest BCUT2D eigenvalue weighted by molar-refractivity contribution is 6.05. The molecule has 0 unspecified atom stereocenters. The molecule has 2 aromatic carbocycles. The Morgan fingerprint density at radius 1 is 1.11 bits per heavy atom. The van der Waals surface area contributed by atoms with E-state index in [0.29, 0.717) is 11.2 Å². The van der Waals surface area contributed by atoms with E-state index in [2.05, 4.69) is 10.3 Å². The van der Waals surface area contributed by atoms with Gasteiger partial charge in [-0.3, -0.25) is 14.9 Å². The number of benzene rings is 2. The zero-order valence-electron chi connectivity index (χ0n) is 14.4. The van der Waals surface area contributed by atoms with Crippen molar-refractivity contribution in [2.75, 3.05) is 5.32 Å². The standard InChI is InChI=1S/C20H14N4O4/c25-18-7-6-15(24(27)28)11-16(18)22-20(26)14-8-9-23-12-17(21-19(23)10-14)13-4-2-1-3-5-13/h1-12,25H,(H,22,26). The number of nitrogens with zero attached hydrogens (tertiary/aromatic N) is 3. The smallest absolute Gasteiger partial charge is 0.271 e. The van der Waals surface area contributed by atoms with Crippen molar-refractivity contribution in [3.63, 3.8) is 0 Å². The highest BCUT2D eigenvalue weighted by atomic mass is 16.6. The molecular formula is C20H14N4O4. The van der Waals surface area contributed by atoms with Gasteiger partial charge in [-0.25, -0.2) is 4.98 Å². The lowest BCUT2D eigenvalue weighted by Gasteiger charge is -2.07. The van der Waals surface area contributed by atoms with Crippen molar-refractivity contribution in [2.24, 2.45) is 0 Å². The molecule has 0 saturated heterocycles. The van der Waals surface area contributed by atoms with Crippen molar-refractivity contribution in [3.8, 4) is 17.0 Å². The third kappa shape index (κ3) is 3.26. The van der Waals surface area contributed by atoms with Crippen LogP contribution < -0.4 is 5.32 Å². The van der Waals surface area contributed by atoms with Crippen molar-refractivity contribution in [1.29, 1.82) is 0 Å². The van der Waals surface area contributed by atoms with Crippen molar-refractivity contribution >= 4 is 22.9 Å². The van der Waals surface area contributed by atoms with E-state index in [9.17, 15) is 20.0 Å². The topological polar surface area (TPSA) is 110 Å². The Hall–Kier alpha value is -4.20. The summed E-state index contributed by atoms with van der Waals surface area (Å²) in [6, 6.07) is 16.3. The van der Waals surface area contributed by atoms with E-state index in [1.54, 1.807) is 22.7 Å². The molecule has 0 spiro atoms. The van der Waals surface area contributed by atoms with Gasteiger partial charge in [0.05, 0.1) is 16.3 Å². The van der Waals surface area contributed by atoms with Crippen LogP contribution in [-0.2, 0) is 0 Å². The number of phenols is 1. The van der Waals surface area contributed by atoms with Crippen LogP contribution in [0.15, 0.2) is 73.1 Å². The summed E-state index contributed by atoms with van der Waals surface area (Å²) in [4.78, 5) is 27.4. The number of carbonyl (C=O) groups is 1. The highest BCUT2D eigenvalue weighted by Crippen LogP contribution is 2.28. The van der Waals surface area contributed by atoms with Crippen molar-refractivity contribution in [3.05, 3.63) is 88.7 Å². The first-order valence-electron chi connectivity index (χ1n) is 8.34. The predicted molar refractivity (Wildman–Crippen MR) is 103 cm³/mol. The molecule has 2 N–H and O–H groups in total. The average Bonchev–Trinajstić information content (AvgIpc) is 3.13. The summed E-state index contributed by atoms with van der Waals surface area (Å²) in [7, 11) is 0. The van der Waals surface area contributed by atoms with Crippen LogP contribution in [0.3, 0.4) is 0 Å². The van der Waals surface area contributed by atoms with Crippen LogP contribution >= 0.6 is 0 Å². The van der Waals surface area contributed by atoms with Gasteiger partial charge >= 0.3 is 0 Å². The zero-order chi connectivity index (χ0) is 19.7. The molecule has 138 valence electrons. The lowest BCUT2D eigenvalue weighted by atomic mass is 10.2. The number of aromatic hydroxyl groups is 1. The van der Waals surface area contributed by atoms with Gasteiger partial charge in [0, 0.05) is 35.7 Å². The number of carbonyl (C=O) groups excluding carboxylic acids is 1. The molecule has 0 saturated carbocycles. The number of non-ortho nitro benzene ring substituents is 1. The molecule has 4 aromatic rings. The number of phenolic OH excluding ortho intramolecular Hbond substituents is 1. The minimum absolute atomic E-state index is 0.0348. The van der Waals surface area contributed by atoms with Crippen LogP contribution in [-0.4, -0.2) is 25.3 Å². The maximum atomic E-state index is 12.5. The van der Waals surface area contributed by atoms with E-state index >= 15 is 0 Å². The zero-order valence-corrected chi connectivity index (χ0v) is 14.4. The maximum absolute atomic E-state index is 12.5. The van der Waals surface area contributed by atoms with Gasteiger partial charge in [-0.1, -0.05) is 30.3 Å². The normalized spacial score (nSPS) is 10.7. The lowest BCUT2D eigenvalue weighted by Crippen LogP contribution is -2.12. The lowest BCUT2D eigenvalue weighted by molar-refractivity contribution is -0.384. The van der Waals surface area contributed by atoms with Gasteiger partial charge in [0.15, 0.2) is 0 Å². The molecule has 0 aliphatic heterocycles. The molecule has 0 atom stereocenters. The second kappa shape index (κ2) is 6.84. The summed E-state index contributed by atoms with van der Waals surface area (Å²) in [6.45, 7) is 0. The first-order valence-corrected chi connectivity index (χ1v) is 8.34. The Morgan fingerprint density at radius 2 is 1.89 bits per heavy atom. The second-order valence-electron chi connectivity index (χ2n) is 6.09. The molecule has 8 heteroatoms. The van der Waals surface area contributed by atoms with Crippen LogP contribution in [0, 0.1) is 10.1 Å². The number of nitro benzene ring substituents is 1. The molecule has 2 aromatic heterocycles. The number of rotatable bonds is 4. The summed E-state index contributed by atoms with van der Waals surface area (Å²) in [6.07, 6.45) is 3.57. The van der Waals surface area contributed by atoms with E-state index in [0.717, 1.165) is 29.5 Å². The Balaban J connectivity index is 1.63. The molecule has 0 aliphatic carbocycles. The van der Waals surface area contributed by atoms with E-state index < -0.39 is 10.8 Å². The first-order chi connectivity index (χ1) is 13.5. The summed E-state index contributed by atoms with van der Waals surface area (Å²) in [5, 5.41) is 23.2. The Bertz CT molecular complexity index is 1200. The van der Waals surface area contributed by atoms with Crippen molar-refractivity contribution < 1.29 is 14.8 Å². The predicted octanol–water partition coefficient (Wildman–Crippen LogP) is 3.87. The van der Waals surface area contributed by atoms with Gasteiger partial charge in [-0.2, -0.15) is 0 Å². The quantitative estimate of drug-likeness (QED) is 0.320. The molecular weight excluding hydrogens is 360 g/mol. The number of imidazole rings is 1. The molecule has 0 radical (unpaired) electrons. The second-order valence-corrected chi connectivity index (χ2v) is 6.09. The highest BCUT2D eigenvalue weighted by Gasteiger charge is 2.15. The molecule has 0 aliphatic rings. The number of nitrogens with one attached hydrogen (secondary N) is 1. The number of anilines is 1. The molecule has 4 rings (SSSR count). The van der Waals surface area contributed by atoms with Gasteiger partial charge in [0.1, 0.15) is 11.4 Å². The monoisotopic (exact) mass is 374 g/mol. The fourth-order valence-electron chi connectivity index (χ4n) is 2.80. The Kier molecular flexibility index (Phi) is 4.21. The van der Waals surface area contributed by atoms with Crippen LogP contribution in [0.4, 0.5) is 11.4 Å². The number of pyridine rings is 1. The number of aromatic nitrogens is 2. The third-order valence-corrected chi connectivity index (χ3v) is 4.23. The first kappa shape index (κ1) is 17.2. The van der Waals surface area contributed by atoms with Crippen molar-refractivity contribution in [1.82, 2.24) is 9.38 Å². The molecule has 0 bridgehead atoms. The Labute approximate surface area is 158 Å². The number of hydrogen-bond acceptors (Lipinski definition) is 5. The SMILES string of the molecule is O=C(Nc1cc([N+](=O)[O-])ccc1O)c1ccn2cc(-c3ccccc3)nc2c1. The molecule has 28 heavy (non-hydrogen) atoms. The molecule has 1 amide bonds. The van der Waals surface area contributed by atoms with Gasteiger partial charge < -0.3 is 14.8 Å². The molecule has 2 heterocycles. The van der Waals surface area contributed by atoms with E-state index in [1.807, 2.05) is 36.5 Å². The number of amides is 1. The van der Waals surface area contributed by atoms with Crippen LogP contribution in [0.25, 0.3) is 16.9 Å². The maximum Gasteiger partial charge on any atom is 0.271 e. The third-order valence-electron chi connectivity index (χ3n) is 4.23. The van der Waals surface area contributed by atoms with Gasteiger partial charge in [-0.05, 0) is 18.2 Å². The Morgan fingerprint density at radius 3 is 2.64 bits per heavy atom. The minimum atomic E-state index is -0.600. The molecule has 8 nitrogen and oxygen atoms in total. The van der Waals surface area contributed by atoms with Crippen molar-refractivity contribution in [2.45, 2.75) is 0 Å². The minimum Gasteiger partial charge on any atom is -0.506 e. The summed E-state index contributed by atoms with van der Waals surface area (Å²) in [5.74, 6) is -0.769. The summed E-state index contributed by atoms with van der Waals surface area (Å²) < 4.78 is 1.80. The molecule has 0 fully saturated rings. The summed E-state index contributed by atoms with van der Waals surface area (Å²) >= 11 is 0. The summed E-state index contributed by atoms with van der Waals surface area (Å²) in [5.41, 5.74) is 2.35. The number of hydrogen-bond donors (Lipinski definition) is 2. The van der Waals surface area contributed by atoms with Crippen LogP contribution in [0.2, 0.25) is 0 Å². The largest absolute Gasteiger partial charge is 0.506 e. The van der Waals surface area contributed by atoms with Gasteiger partial charge in [0.2, 0.25) is 0 Å². The number of fused-ring (bicyclic) bond motifs is 1. The van der Waals surface area contributed by atoms with Gasteiger partial charge in [-0.15, -0.1) is 0 Å². The van der Waals surface area contributed by atoms with E-state index in [4.69, 9.17) is 0 Å². The fourth-order valence-corrected chi connectivity index (χ4v) is 2.80. The van der Waals surface area contributed by atoms with Gasteiger partial charge in [0.25, 0.3) is 11.6 Å². The number of nitro groups is 1. The average molecular weight is 374 g/mol. The fraction of sp³-hybridized carbons (Fsp3) is 0.